The average Bonchev–Trinajstić information content (AvgIpc) is 3.32. The van der Waals surface area contributed by atoms with E-state index in [9.17, 15) is 18.8 Å². The van der Waals surface area contributed by atoms with Gasteiger partial charge in [-0.25, -0.2) is 9.18 Å². The Kier molecular flexibility index (Phi) is 5.01. The van der Waals surface area contributed by atoms with Gasteiger partial charge in [-0.1, -0.05) is 0 Å². The first kappa shape index (κ1) is 20.0. The van der Waals surface area contributed by atoms with Crippen molar-refractivity contribution in [2.45, 2.75) is 18.9 Å². The normalized spacial score (nSPS) is 19.2. The topological polar surface area (TPSA) is 96.6 Å². The number of likely N-dealkylation sites (tertiary alicyclic amines) is 1. The quantitative estimate of drug-likeness (QED) is 0.657. The van der Waals surface area contributed by atoms with Crippen molar-refractivity contribution in [2.75, 3.05) is 23.7 Å². The third-order valence-corrected chi connectivity index (χ3v) is 5.97. The van der Waals surface area contributed by atoms with Crippen molar-refractivity contribution in [2.24, 2.45) is 5.92 Å². The number of hydrogen-bond acceptors (Lipinski definition) is 4. The van der Waals surface area contributed by atoms with Gasteiger partial charge in [0, 0.05) is 43.0 Å². The van der Waals surface area contributed by atoms with Crippen molar-refractivity contribution < 1.29 is 18.4 Å². The molecule has 3 aromatic rings. The first-order chi connectivity index (χ1) is 15.5. The zero-order chi connectivity index (χ0) is 22.2. The molecule has 2 atom stereocenters. The summed E-state index contributed by atoms with van der Waals surface area (Å²) < 4.78 is 20.0. The fourth-order valence-electron chi connectivity index (χ4n) is 4.61. The van der Waals surface area contributed by atoms with Gasteiger partial charge in [0.2, 0.25) is 0 Å². The number of carbonyl (C=O) groups excluding carboxylic acids is 2. The molecule has 0 aliphatic carbocycles. The summed E-state index contributed by atoms with van der Waals surface area (Å²) in [6.07, 6.45) is 2.23. The molecule has 2 aliphatic rings. The van der Waals surface area contributed by atoms with E-state index in [1.165, 1.54) is 36.6 Å². The van der Waals surface area contributed by atoms with Crippen LogP contribution in [0.3, 0.4) is 0 Å². The maximum atomic E-state index is 13.1. The third kappa shape index (κ3) is 3.77. The molecule has 2 aromatic heterocycles. The highest BCUT2D eigenvalue weighted by atomic mass is 19.1. The highest BCUT2D eigenvalue weighted by Crippen LogP contribution is 2.38. The van der Waals surface area contributed by atoms with E-state index in [1.807, 2.05) is 0 Å². The molecule has 0 spiro atoms. The molecule has 0 unspecified atom stereocenters. The van der Waals surface area contributed by atoms with Gasteiger partial charge >= 0.3 is 6.03 Å². The summed E-state index contributed by atoms with van der Waals surface area (Å²) in [5, 5.41) is 5.64. The summed E-state index contributed by atoms with van der Waals surface area (Å²) in [6.45, 7) is 1.38. The molecule has 2 N–H and O–H groups in total. The number of furan rings is 1. The van der Waals surface area contributed by atoms with Crippen LogP contribution in [0, 0.1) is 11.7 Å². The Morgan fingerprint density at radius 1 is 1.00 bits per heavy atom. The summed E-state index contributed by atoms with van der Waals surface area (Å²) in [7, 11) is 0. The van der Waals surface area contributed by atoms with Crippen LogP contribution in [-0.4, -0.2) is 34.5 Å². The number of benzene rings is 1. The second kappa shape index (κ2) is 7.99. The standard InChI is InChI=1S/C23H21FN4O4/c24-16-3-5-17(6-4-16)25-23(31)27-11-14-10-15(13-27)21-18(7-8-20(29)28(21)12-14)26-22(30)19-2-1-9-32-19/h1-9,14-15H,10-13H2,(H,25,31)(H,26,30)/t14-,15+/m0/s1. The molecule has 3 amide bonds. The van der Waals surface area contributed by atoms with E-state index < -0.39 is 5.91 Å². The van der Waals surface area contributed by atoms with Gasteiger partial charge < -0.3 is 24.5 Å². The Balaban J connectivity index is 1.39. The van der Waals surface area contributed by atoms with Crippen molar-refractivity contribution in [1.29, 1.82) is 0 Å². The van der Waals surface area contributed by atoms with Crippen LogP contribution in [0.15, 0.2) is 64.0 Å². The number of amides is 3. The van der Waals surface area contributed by atoms with Crippen molar-refractivity contribution in [3.8, 4) is 0 Å². The van der Waals surface area contributed by atoms with E-state index in [-0.39, 0.29) is 35.0 Å². The van der Waals surface area contributed by atoms with Crippen molar-refractivity contribution in [3.05, 3.63) is 82.4 Å². The first-order valence-electron chi connectivity index (χ1n) is 10.4. The second-order valence-corrected chi connectivity index (χ2v) is 8.15. The Labute approximate surface area is 182 Å². The summed E-state index contributed by atoms with van der Waals surface area (Å²) in [6, 6.07) is 11.6. The molecule has 0 saturated carbocycles. The largest absolute Gasteiger partial charge is 0.459 e. The Hall–Kier alpha value is -3.88. The predicted octanol–water partition coefficient (Wildman–Crippen LogP) is 3.48. The van der Waals surface area contributed by atoms with Gasteiger partial charge in [-0.15, -0.1) is 0 Å². The lowest BCUT2D eigenvalue weighted by atomic mass is 9.82. The number of nitrogens with one attached hydrogen (secondary N) is 2. The van der Waals surface area contributed by atoms with E-state index in [1.54, 1.807) is 27.7 Å². The van der Waals surface area contributed by atoms with Gasteiger partial charge in [0.25, 0.3) is 11.5 Å². The predicted molar refractivity (Wildman–Crippen MR) is 115 cm³/mol. The smallest absolute Gasteiger partial charge is 0.321 e. The third-order valence-electron chi connectivity index (χ3n) is 5.97. The fraction of sp³-hybridized carbons (Fsp3) is 0.261. The van der Waals surface area contributed by atoms with Crippen LogP contribution in [-0.2, 0) is 6.54 Å². The zero-order valence-corrected chi connectivity index (χ0v) is 17.1. The van der Waals surface area contributed by atoms with Crippen LogP contribution in [0.1, 0.15) is 28.6 Å². The van der Waals surface area contributed by atoms with Crippen molar-refractivity contribution >= 4 is 23.3 Å². The van der Waals surface area contributed by atoms with Crippen LogP contribution in [0.2, 0.25) is 0 Å². The minimum absolute atomic E-state index is 0.109. The SMILES string of the molecule is O=C(Nc1ccc(=O)n2c1[C@@H]1C[C@@H](CN(C(=O)Nc3ccc(F)cc3)C1)C2)c1ccco1. The summed E-state index contributed by atoms with van der Waals surface area (Å²) in [5.74, 6) is -0.592. The summed E-state index contributed by atoms with van der Waals surface area (Å²) in [5.41, 5.74) is 1.63. The Bertz CT molecular complexity index is 1220. The first-order valence-corrected chi connectivity index (χ1v) is 10.4. The van der Waals surface area contributed by atoms with Gasteiger partial charge in [-0.05, 0) is 54.8 Å². The number of carbonyl (C=O) groups is 2. The number of urea groups is 1. The zero-order valence-electron chi connectivity index (χ0n) is 17.1. The molecule has 32 heavy (non-hydrogen) atoms. The molecule has 1 fully saturated rings. The summed E-state index contributed by atoms with van der Waals surface area (Å²) in [4.78, 5) is 39.6. The minimum Gasteiger partial charge on any atom is -0.459 e. The van der Waals surface area contributed by atoms with Crippen LogP contribution >= 0.6 is 0 Å². The highest BCUT2D eigenvalue weighted by Gasteiger charge is 2.38. The van der Waals surface area contributed by atoms with E-state index >= 15 is 0 Å². The highest BCUT2D eigenvalue weighted by molar-refractivity contribution is 6.02. The fourth-order valence-corrected chi connectivity index (χ4v) is 4.61. The molecule has 164 valence electrons. The van der Waals surface area contributed by atoms with Crippen LogP contribution in [0.25, 0.3) is 0 Å². The lowest BCUT2D eigenvalue weighted by Gasteiger charge is -2.43. The number of piperidine rings is 1. The molecule has 0 radical (unpaired) electrons. The van der Waals surface area contributed by atoms with Gasteiger partial charge in [-0.3, -0.25) is 9.59 Å². The number of aromatic nitrogens is 1. The molecule has 5 rings (SSSR count). The van der Waals surface area contributed by atoms with Gasteiger partial charge in [0.15, 0.2) is 5.76 Å². The molecule has 1 saturated heterocycles. The molecule has 8 nitrogen and oxygen atoms in total. The van der Waals surface area contributed by atoms with E-state index in [4.69, 9.17) is 4.42 Å². The number of pyridine rings is 1. The van der Waals surface area contributed by atoms with E-state index in [0.29, 0.717) is 36.7 Å². The Morgan fingerprint density at radius 2 is 1.81 bits per heavy atom. The molecule has 2 aliphatic heterocycles. The number of nitrogens with zero attached hydrogens (tertiary/aromatic N) is 2. The van der Waals surface area contributed by atoms with Gasteiger partial charge in [0.1, 0.15) is 5.82 Å². The Morgan fingerprint density at radius 3 is 2.56 bits per heavy atom. The number of anilines is 2. The molecular weight excluding hydrogens is 415 g/mol. The molecule has 9 heteroatoms. The van der Waals surface area contributed by atoms with Crippen molar-refractivity contribution in [3.63, 3.8) is 0 Å². The number of rotatable bonds is 3. The molecular formula is C23H21FN4O4. The maximum absolute atomic E-state index is 13.1. The van der Waals surface area contributed by atoms with Crippen molar-refractivity contribution in [1.82, 2.24) is 9.47 Å². The number of hydrogen-bond donors (Lipinski definition) is 2. The average molecular weight is 436 g/mol. The lowest BCUT2D eigenvalue weighted by molar-refractivity contribution is 0.0995. The second-order valence-electron chi connectivity index (χ2n) is 8.15. The minimum atomic E-state index is -0.403. The summed E-state index contributed by atoms with van der Waals surface area (Å²) >= 11 is 0. The van der Waals surface area contributed by atoms with Gasteiger partial charge in [-0.2, -0.15) is 0 Å². The van der Waals surface area contributed by atoms with Crippen LogP contribution in [0.4, 0.5) is 20.6 Å². The van der Waals surface area contributed by atoms with Crippen LogP contribution in [0.5, 0.6) is 0 Å². The maximum Gasteiger partial charge on any atom is 0.321 e. The monoisotopic (exact) mass is 436 g/mol. The molecule has 2 bridgehead atoms. The molecule has 4 heterocycles. The van der Waals surface area contributed by atoms with Crippen LogP contribution < -0.4 is 16.2 Å². The lowest BCUT2D eigenvalue weighted by Crippen LogP contribution is -2.50. The number of fused-ring (bicyclic) bond motifs is 4. The van der Waals surface area contributed by atoms with E-state index in [2.05, 4.69) is 10.6 Å². The van der Waals surface area contributed by atoms with E-state index in [0.717, 1.165) is 6.42 Å². The number of halogens is 1. The van der Waals surface area contributed by atoms with Gasteiger partial charge in [0.05, 0.1) is 12.0 Å². The molecule has 1 aromatic carbocycles.